The van der Waals surface area contributed by atoms with Gasteiger partial charge in [-0.05, 0) is 50.4 Å². The highest BCUT2D eigenvalue weighted by Gasteiger charge is 2.31. The highest BCUT2D eigenvalue weighted by atomic mass is 16.4. The van der Waals surface area contributed by atoms with Crippen LogP contribution in [0.3, 0.4) is 0 Å². The summed E-state index contributed by atoms with van der Waals surface area (Å²) in [6.07, 6.45) is 10.3. The van der Waals surface area contributed by atoms with Crippen LogP contribution in [0.2, 0.25) is 0 Å². The Morgan fingerprint density at radius 3 is 2.22 bits per heavy atom. The first-order valence-electron chi connectivity index (χ1n) is 7.65. The van der Waals surface area contributed by atoms with Crippen molar-refractivity contribution in [3.63, 3.8) is 0 Å². The lowest BCUT2D eigenvalue weighted by Gasteiger charge is -2.36. The van der Waals surface area contributed by atoms with Gasteiger partial charge in [0.2, 0.25) is 0 Å². The van der Waals surface area contributed by atoms with E-state index < -0.39 is 5.97 Å². The van der Waals surface area contributed by atoms with Crippen LogP contribution in [-0.4, -0.2) is 35.1 Å². The van der Waals surface area contributed by atoms with E-state index in [1.807, 2.05) is 0 Å². The van der Waals surface area contributed by atoms with Crippen molar-refractivity contribution >= 4 is 5.97 Å². The molecule has 2 aliphatic rings. The van der Waals surface area contributed by atoms with Gasteiger partial charge in [-0.15, -0.1) is 0 Å². The largest absolute Gasteiger partial charge is 0.480 e. The molecule has 3 nitrogen and oxygen atoms in total. The summed E-state index contributed by atoms with van der Waals surface area (Å²) in [6, 6.07) is 0.537. The summed E-state index contributed by atoms with van der Waals surface area (Å²) in [6.45, 7) is 3.53. The zero-order valence-corrected chi connectivity index (χ0v) is 11.6. The molecule has 2 saturated carbocycles. The summed E-state index contributed by atoms with van der Waals surface area (Å²) < 4.78 is 0. The van der Waals surface area contributed by atoms with Gasteiger partial charge < -0.3 is 5.11 Å². The smallest absolute Gasteiger partial charge is 0.317 e. The van der Waals surface area contributed by atoms with Crippen molar-refractivity contribution in [2.24, 2.45) is 11.8 Å². The zero-order chi connectivity index (χ0) is 13.0. The lowest BCUT2D eigenvalue weighted by atomic mass is 9.83. The monoisotopic (exact) mass is 253 g/mol. The third-order valence-electron chi connectivity index (χ3n) is 4.56. The van der Waals surface area contributed by atoms with Crippen LogP contribution in [0.4, 0.5) is 0 Å². The Morgan fingerprint density at radius 2 is 1.72 bits per heavy atom. The Morgan fingerprint density at radius 1 is 1.11 bits per heavy atom. The molecule has 0 aromatic rings. The van der Waals surface area contributed by atoms with Crippen molar-refractivity contribution in [3.8, 4) is 0 Å². The van der Waals surface area contributed by atoms with Gasteiger partial charge in [-0.3, -0.25) is 9.69 Å². The van der Waals surface area contributed by atoms with Gasteiger partial charge >= 0.3 is 5.97 Å². The minimum absolute atomic E-state index is 0.250. The lowest BCUT2D eigenvalue weighted by molar-refractivity contribution is -0.139. The molecule has 0 bridgehead atoms. The van der Waals surface area contributed by atoms with Crippen molar-refractivity contribution in [1.29, 1.82) is 0 Å². The third-order valence-corrected chi connectivity index (χ3v) is 4.56. The summed E-state index contributed by atoms with van der Waals surface area (Å²) in [4.78, 5) is 13.2. The second-order valence-electron chi connectivity index (χ2n) is 6.23. The zero-order valence-electron chi connectivity index (χ0n) is 11.6. The lowest BCUT2D eigenvalue weighted by Crippen LogP contribution is -2.42. The summed E-state index contributed by atoms with van der Waals surface area (Å²) in [5.41, 5.74) is 0. The van der Waals surface area contributed by atoms with Gasteiger partial charge in [0.15, 0.2) is 0 Å². The fraction of sp³-hybridized carbons (Fsp3) is 0.933. The molecule has 2 rings (SSSR count). The third kappa shape index (κ3) is 4.27. The topological polar surface area (TPSA) is 40.5 Å². The van der Waals surface area contributed by atoms with Crippen molar-refractivity contribution in [2.45, 2.75) is 64.3 Å². The van der Waals surface area contributed by atoms with E-state index in [0.717, 1.165) is 18.4 Å². The van der Waals surface area contributed by atoms with Crippen LogP contribution in [0.5, 0.6) is 0 Å². The number of carboxylic acid groups (broad SMARTS) is 1. The highest BCUT2D eigenvalue weighted by molar-refractivity contribution is 5.69. The molecule has 0 aromatic carbocycles. The predicted molar refractivity (Wildman–Crippen MR) is 72.6 cm³/mol. The van der Waals surface area contributed by atoms with Gasteiger partial charge in [-0.25, -0.2) is 0 Å². The molecule has 3 heteroatoms. The van der Waals surface area contributed by atoms with E-state index in [1.54, 1.807) is 0 Å². The van der Waals surface area contributed by atoms with Crippen LogP contribution in [0.25, 0.3) is 0 Å². The van der Waals surface area contributed by atoms with Gasteiger partial charge in [-0.2, -0.15) is 0 Å². The summed E-state index contributed by atoms with van der Waals surface area (Å²) >= 11 is 0. The Bertz CT molecular complexity index is 268. The highest BCUT2D eigenvalue weighted by Crippen LogP contribution is 2.34. The first-order valence-corrected chi connectivity index (χ1v) is 7.65. The van der Waals surface area contributed by atoms with E-state index in [0.29, 0.717) is 6.04 Å². The van der Waals surface area contributed by atoms with E-state index >= 15 is 0 Å². The van der Waals surface area contributed by atoms with Crippen LogP contribution in [0, 0.1) is 11.8 Å². The van der Waals surface area contributed by atoms with Gasteiger partial charge in [-0.1, -0.05) is 19.8 Å². The molecule has 0 unspecified atom stereocenters. The first-order chi connectivity index (χ1) is 8.69. The van der Waals surface area contributed by atoms with Crippen LogP contribution < -0.4 is 0 Å². The Kier molecular flexibility index (Phi) is 5.04. The molecule has 0 heterocycles. The summed E-state index contributed by atoms with van der Waals surface area (Å²) in [5, 5.41) is 9.04. The van der Waals surface area contributed by atoms with Crippen LogP contribution in [-0.2, 0) is 4.79 Å². The fourth-order valence-corrected chi connectivity index (χ4v) is 3.36. The van der Waals surface area contributed by atoms with Gasteiger partial charge in [0.05, 0.1) is 6.54 Å². The molecule has 2 aliphatic carbocycles. The second kappa shape index (κ2) is 6.55. The first kappa shape index (κ1) is 13.9. The molecule has 0 atom stereocenters. The maximum absolute atomic E-state index is 11.0. The van der Waals surface area contributed by atoms with E-state index in [9.17, 15) is 4.79 Å². The Balaban J connectivity index is 1.80. The molecule has 0 aromatic heterocycles. The quantitative estimate of drug-likeness (QED) is 0.757. The minimum Gasteiger partial charge on any atom is -0.480 e. The number of aliphatic carboxylic acids is 1. The molecule has 0 amide bonds. The molecule has 0 spiro atoms. The fourth-order valence-electron chi connectivity index (χ4n) is 3.36. The Labute approximate surface area is 111 Å². The summed E-state index contributed by atoms with van der Waals surface area (Å²) in [5.74, 6) is 1.03. The molecular formula is C15H27NO2. The molecule has 0 aliphatic heterocycles. The van der Waals surface area contributed by atoms with Crippen molar-refractivity contribution in [1.82, 2.24) is 4.90 Å². The average Bonchev–Trinajstić information content (AvgIpc) is 3.13. The number of nitrogens with zero attached hydrogens (tertiary/aromatic N) is 1. The number of hydrogen-bond acceptors (Lipinski definition) is 2. The van der Waals surface area contributed by atoms with Crippen molar-refractivity contribution < 1.29 is 9.90 Å². The molecule has 2 fully saturated rings. The normalized spacial score (nSPS) is 28.6. The molecule has 0 saturated heterocycles. The summed E-state index contributed by atoms with van der Waals surface area (Å²) in [7, 11) is 0. The predicted octanol–water partition coefficient (Wildman–Crippen LogP) is 3.14. The Hall–Kier alpha value is -0.570. The molecular weight excluding hydrogens is 226 g/mol. The van der Waals surface area contributed by atoms with E-state index in [-0.39, 0.29) is 6.54 Å². The van der Waals surface area contributed by atoms with E-state index in [2.05, 4.69) is 11.8 Å². The van der Waals surface area contributed by atoms with E-state index in [4.69, 9.17) is 5.11 Å². The average molecular weight is 253 g/mol. The minimum atomic E-state index is -0.661. The molecule has 104 valence electrons. The van der Waals surface area contributed by atoms with Gasteiger partial charge in [0.25, 0.3) is 0 Å². The molecule has 0 radical (unpaired) electrons. The number of rotatable bonds is 7. The van der Waals surface area contributed by atoms with Crippen molar-refractivity contribution in [3.05, 3.63) is 0 Å². The van der Waals surface area contributed by atoms with E-state index in [1.165, 1.54) is 51.4 Å². The molecule has 18 heavy (non-hydrogen) atoms. The molecule has 1 N–H and O–H groups in total. The van der Waals surface area contributed by atoms with Crippen LogP contribution in [0.1, 0.15) is 58.3 Å². The maximum atomic E-state index is 11.0. The van der Waals surface area contributed by atoms with Crippen LogP contribution >= 0.6 is 0 Å². The SMILES string of the molecule is CCCC1CCC(N(CC(=O)O)CC2CC2)CC1. The number of carboxylic acids is 1. The number of carbonyl (C=O) groups is 1. The van der Waals surface area contributed by atoms with Gasteiger partial charge in [0.1, 0.15) is 0 Å². The van der Waals surface area contributed by atoms with Crippen LogP contribution in [0.15, 0.2) is 0 Å². The van der Waals surface area contributed by atoms with Crippen molar-refractivity contribution in [2.75, 3.05) is 13.1 Å². The second-order valence-corrected chi connectivity index (χ2v) is 6.23. The number of hydrogen-bond donors (Lipinski definition) is 1. The standard InChI is InChI=1S/C15H27NO2/c1-2-3-12-6-8-14(9-7-12)16(11-15(17)18)10-13-4-5-13/h12-14H,2-11H2,1H3,(H,17,18). The maximum Gasteiger partial charge on any atom is 0.317 e. The van der Waals surface area contributed by atoms with Gasteiger partial charge in [0, 0.05) is 12.6 Å².